The van der Waals surface area contributed by atoms with Crippen molar-refractivity contribution in [1.29, 1.82) is 0 Å². The highest BCUT2D eigenvalue weighted by Crippen LogP contribution is 1.86. The summed E-state index contributed by atoms with van der Waals surface area (Å²) >= 11 is 0. The number of hydrogen-bond donors (Lipinski definition) is 2. The summed E-state index contributed by atoms with van der Waals surface area (Å²) in [5.74, 6) is 10.6. The van der Waals surface area contributed by atoms with Gasteiger partial charge in [0.25, 0.3) is 0 Å². The predicted molar refractivity (Wildman–Crippen MR) is 67.9 cm³/mol. The molecule has 0 atom stereocenters. The Bertz CT molecular complexity index is 723. The minimum atomic E-state index is -0.206. The maximum atomic E-state index is 11.0. The number of hydrogen-bond acceptors (Lipinski definition) is 2. The van der Waals surface area contributed by atoms with Gasteiger partial charge in [-0.05, 0) is 35.8 Å². The fourth-order valence-electron chi connectivity index (χ4n) is 1.24. The third kappa shape index (κ3) is 3.26. The highest BCUT2D eigenvalue weighted by atomic mass is 16.1. The molecule has 2 N–H and O–H groups in total. The van der Waals surface area contributed by atoms with Crippen LogP contribution in [0.2, 0.25) is 0 Å². The summed E-state index contributed by atoms with van der Waals surface area (Å²) < 4.78 is 0. The molecule has 0 aliphatic carbocycles. The van der Waals surface area contributed by atoms with E-state index in [-0.39, 0.29) is 11.1 Å². The van der Waals surface area contributed by atoms with Crippen LogP contribution in [0.15, 0.2) is 46.0 Å². The second kappa shape index (κ2) is 5.38. The summed E-state index contributed by atoms with van der Waals surface area (Å²) in [6, 6.07) is 9.41. The zero-order chi connectivity index (χ0) is 12.8. The van der Waals surface area contributed by atoms with E-state index in [9.17, 15) is 9.59 Å². The van der Waals surface area contributed by atoms with Gasteiger partial charge in [-0.3, -0.25) is 9.59 Å². The Balaban J connectivity index is 2.19. The van der Waals surface area contributed by atoms with E-state index in [1.165, 1.54) is 12.1 Å². The van der Waals surface area contributed by atoms with Gasteiger partial charge in [-0.15, -0.1) is 0 Å². The third-order valence-electron chi connectivity index (χ3n) is 1.99. The summed E-state index contributed by atoms with van der Waals surface area (Å²) in [5, 5.41) is 0. The molecule has 86 valence electrons. The van der Waals surface area contributed by atoms with Crippen molar-refractivity contribution in [2.75, 3.05) is 0 Å². The predicted octanol–water partition coefficient (Wildman–Crippen LogP) is 0.466. The molecular weight excluding hydrogens is 228 g/mol. The normalized spacial score (nSPS) is 8.67. The number of pyridine rings is 2. The highest BCUT2D eigenvalue weighted by molar-refractivity contribution is 5.39. The molecule has 0 spiro atoms. The molecule has 0 aliphatic rings. The molecule has 0 aromatic carbocycles. The Morgan fingerprint density at radius 2 is 1.17 bits per heavy atom. The second-order valence-corrected chi connectivity index (χ2v) is 3.36. The van der Waals surface area contributed by atoms with Gasteiger partial charge < -0.3 is 9.97 Å². The van der Waals surface area contributed by atoms with E-state index in [1.807, 2.05) is 0 Å². The Morgan fingerprint density at radius 3 is 1.56 bits per heavy atom. The van der Waals surface area contributed by atoms with Crippen molar-refractivity contribution in [2.45, 2.75) is 0 Å². The fraction of sp³-hybridized carbons (Fsp3) is 0. The van der Waals surface area contributed by atoms with Gasteiger partial charge in [0.1, 0.15) is 0 Å². The molecule has 0 radical (unpaired) electrons. The minimum Gasteiger partial charge on any atom is -0.315 e. The minimum absolute atomic E-state index is 0.206. The average molecular weight is 236 g/mol. The lowest BCUT2D eigenvalue weighted by atomic mass is 10.3. The van der Waals surface area contributed by atoms with Crippen molar-refractivity contribution in [1.82, 2.24) is 9.97 Å². The van der Waals surface area contributed by atoms with Crippen molar-refractivity contribution in [3.05, 3.63) is 68.5 Å². The average Bonchev–Trinajstić information content (AvgIpc) is 2.35. The molecule has 0 saturated carbocycles. The Morgan fingerprint density at radius 1 is 0.722 bits per heavy atom. The van der Waals surface area contributed by atoms with Crippen LogP contribution in [0.5, 0.6) is 0 Å². The van der Waals surface area contributed by atoms with E-state index >= 15 is 0 Å². The molecule has 0 unspecified atom stereocenters. The number of nitrogens with one attached hydrogen (secondary N) is 2. The lowest BCUT2D eigenvalue weighted by molar-refractivity contribution is 1.21. The summed E-state index contributed by atoms with van der Waals surface area (Å²) in [4.78, 5) is 27.1. The largest absolute Gasteiger partial charge is 0.315 e. The maximum Gasteiger partial charge on any atom is 0.248 e. The van der Waals surface area contributed by atoms with Crippen LogP contribution in [0.1, 0.15) is 11.4 Å². The van der Waals surface area contributed by atoms with Crippen molar-refractivity contribution in [3.8, 4) is 23.7 Å². The van der Waals surface area contributed by atoms with Gasteiger partial charge in [0, 0.05) is 12.1 Å². The maximum absolute atomic E-state index is 11.0. The van der Waals surface area contributed by atoms with Crippen molar-refractivity contribution < 1.29 is 0 Å². The first-order chi connectivity index (χ1) is 8.74. The van der Waals surface area contributed by atoms with E-state index in [0.29, 0.717) is 11.4 Å². The van der Waals surface area contributed by atoms with E-state index in [1.54, 1.807) is 24.3 Å². The third-order valence-corrected chi connectivity index (χ3v) is 1.99. The second-order valence-electron chi connectivity index (χ2n) is 3.36. The lowest BCUT2D eigenvalue weighted by Gasteiger charge is -1.86. The fourth-order valence-corrected chi connectivity index (χ4v) is 1.24. The first kappa shape index (κ1) is 11.5. The first-order valence-corrected chi connectivity index (χ1v) is 5.15. The molecule has 2 heterocycles. The molecule has 0 aliphatic heterocycles. The number of aromatic nitrogens is 2. The highest BCUT2D eigenvalue weighted by Gasteiger charge is 1.86. The first-order valence-electron chi connectivity index (χ1n) is 5.15. The molecule has 0 bridgehead atoms. The molecule has 0 fully saturated rings. The van der Waals surface area contributed by atoms with Crippen molar-refractivity contribution in [3.63, 3.8) is 0 Å². The van der Waals surface area contributed by atoms with Gasteiger partial charge >= 0.3 is 0 Å². The quantitative estimate of drug-likeness (QED) is 0.653. The monoisotopic (exact) mass is 236 g/mol. The molecule has 0 saturated heterocycles. The molecule has 0 amide bonds. The summed E-state index contributed by atoms with van der Waals surface area (Å²) in [6.45, 7) is 0. The standard InChI is InChI=1S/C14H8N2O2/c17-13-9-3-7-11(15-13)5-1-2-6-12-8-4-10-14(18)16-12/h3-4,7-10H,(H,15,17)(H,16,18). The van der Waals surface area contributed by atoms with Crippen LogP contribution in [0, 0.1) is 23.7 Å². The van der Waals surface area contributed by atoms with E-state index < -0.39 is 0 Å². The Hall–Kier alpha value is -2.98. The zero-order valence-corrected chi connectivity index (χ0v) is 9.28. The summed E-state index contributed by atoms with van der Waals surface area (Å²) in [7, 11) is 0. The summed E-state index contributed by atoms with van der Waals surface area (Å²) in [5.41, 5.74) is 0.584. The van der Waals surface area contributed by atoms with Crippen LogP contribution in [0.4, 0.5) is 0 Å². The number of aromatic amines is 2. The van der Waals surface area contributed by atoms with Crippen LogP contribution < -0.4 is 11.1 Å². The van der Waals surface area contributed by atoms with Crippen LogP contribution in [0.25, 0.3) is 0 Å². The molecule has 2 aromatic heterocycles. The van der Waals surface area contributed by atoms with Gasteiger partial charge in [0.05, 0.1) is 11.4 Å². The van der Waals surface area contributed by atoms with Crippen molar-refractivity contribution >= 4 is 0 Å². The van der Waals surface area contributed by atoms with Crippen LogP contribution in [-0.2, 0) is 0 Å². The van der Waals surface area contributed by atoms with Crippen LogP contribution in [-0.4, -0.2) is 9.97 Å². The van der Waals surface area contributed by atoms with Gasteiger partial charge in [-0.1, -0.05) is 12.1 Å². The zero-order valence-electron chi connectivity index (χ0n) is 9.28. The van der Waals surface area contributed by atoms with Gasteiger partial charge in [0.2, 0.25) is 11.1 Å². The molecule has 4 heteroatoms. The van der Waals surface area contributed by atoms with Gasteiger partial charge in [-0.2, -0.15) is 0 Å². The van der Waals surface area contributed by atoms with Gasteiger partial charge in [-0.25, -0.2) is 0 Å². The molecule has 2 aromatic rings. The number of H-pyrrole nitrogens is 2. The van der Waals surface area contributed by atoms with Crippen LogP contribution in [0.3, 0.4) is 0 Å². The SMILES string of the molecule is O=c1cccc(C#CC#Cc2cccc(=O)[nH]2)[nH]1. The molecule has 4 nitrogen and oxygen atoms in total. The van der Waals surface area contributed by atoms with E-state index in [4.69, 9.17) is 0 Å². The number of rotatable bonds is 0. The molecule has 18 heavy (non-hydrogen) atoms. The van der Waals surface area contributed by atoms with Crippen LogP contribution >= 0.6 is 0 Å². The van der Waals surface area contributed by atoms with E-state index in [0.717, 1.165) is 0 Å². The molecule has 2 rings (SSSR count). The summed E-state index contributed by atoms with van der Waals surface area (Å²) in [6.07, 6.45) is 0. The topological polar surface area (TPSA) is 65.7 Å². The smallest absolute Gasteiger partial charge is 0.248 e. The van der Waals surface area contributed by atoms with Gasteiger partial charge in [0.15, 0.2) is 0 Å². The van der Waals surface area contributed by atoms with Crippen molar-refractivity contribution in [2.24, 2.45) is 0 Å². The Labute approximate surface area is 103 Å². The Kier molecular flexibility index (Phi) is 3.44. The lowest BCUT2D eigenvalue weighted by Crippen LogP contribution is -2.03. The van der Waals surface area contributed by atoms with E-state index in [2.05, 4.69) is 33.6 Å². The molecular formula is C14H8N2O2.